The largest absolute Gasteiger partial charge is 0.241 e. The maximum atomic E-state index is 14.2. The molecule has 0 fully saturated rings. The molecule has 0 aliphatic heterocycles. The van der Waals surface area contributed by atoms with Crippen LogP contribution in [0.4, 0.5) is 4.39 Å². The van der Waals surface area contributed by atoms with Crippen LogP contribution in [0.2, 0.25) is 5.15 Å². The number of hydrogen-bond acceptors (Lipinski definition) is 3. The highest BCUT2D eigenvalue weighted by atomic mass is 35.5. The van der Waals surface area contributed by atoms with E-state index in [0.717, 1.165) is 11.3 Å². The normalized spacial score (nSPS) is 12.1. The van der Waals surface area contributed by atoms with Crippen LogP contribution in [0.5, 0.6) is 0 Å². The van der Waals surface area contributed by atoms with Crippen LogP contribution >= 0.6 is 11.6 Å². The van der Waals surface area contributed by atoms with Crippen LogP contribution in [0.15, 0.2) is 24.3 Å². The van der Waals surface area contributed by atoms with Crippen molar-refractivity contribution in [2.75, 3.05) is 0 Å². The Morgan fingerprint density at radius 2 is 1.75 bits per heavy atom. The van der Waals surface area contributed by atoms with E-state index >= 15 is 0 Å². The Hall–Kier alpha value is -1.99. The number of nitrogens with zero attached hydrogens (tertiary/aromatic N) is 3. The first-order valence-corrected chi connectivity index (χ1v) is 8.15. The van der Waals surface area contributed by atoms with Crippen LogP contribution in [0.25, 0.3) is 0 Å². The van der Waals surface area contributed by atoms with Gasteiger partial charge in [0.1, 0.15) is 22.7 Å². The predicted molar refractivity (Wildman–Crippen MR) is 93.6 cm³/mol. The molecule has 3 nitrogen and oxygen atoms in total. The van der Waals surface area contributed by atoms with Gasteiger partial charge in [-0.3, -0.25) is 0 Å². The van der Waals surface area contributed by atoms with Crippen molar-refractivity contribution < 1.29 is 4.39 Å². The zero-order chi connectivity index (χ0) is 18.1. The van der Waals surface area contributed by atoms with Crippen molar-refractivity contribution in [1.82, 2.24) is 9.97 Å². The smallest absolute Gasteiger partial charge is 0.145 e. The molecular weight excluding hydrogens is 325 g/mol. The fraction of sp³-hybridized carbons (Fsp3) is 0.421. The van der Waals surface area contributed by atoms with E-state index in [0.29, 0.717) is 17.8 Å². The van der Waals surface area contributed by atoms with Gasteiger partial charge in [0.2, 0.25) is 0 Å². The average molecular weight is 346 g/mol. The van der Waals surface area contributed by atoms with Crippen molar-refractivity contribution in [3.05, 3.63) is 57.9 Å². The Morgan fingerprint density at radius 3 is 2.33 bits per heavy atom. The lowest BCUT2D eigenvalue weighted by Crippen LogP contribution is -2.25. The van der Waals surface area contributed by atoms with E-state index < -0.39 is 11.2 Å². The van der Waals surface area contributed by atoms with Crippen molar-refractivity contribution >= 4 is 11.6 Å². The van der Waals surface area contributed by atoms with Crippen LogP contribution < -0.4 is 0 Å². The van der Waals surface area contributed by atoms with Crippen LogP contribution in [-0.4, -0.2) is 9.97 Å². The molecule has 24 heavy (non-hydrogen) atoms. The van der Waals surface area contributed by atoms with Gasteiger partial charge in [-0.15, -0.1) is 0 Å². The monoisotopic (exact) mass is 345 g/mol. The fourth-order valence-corrected chi connectivity index (χ4v) is 2.75. The number of nitriles is 1. The fourth-order valence-electron chi connectivity index (χ4n) is 2.60. The third-order valence-corrected chi connectivity index (χ3v) is 4.15. The molecule has 0 spiro atoms. The van der Waals surface area contributed by atoms with E-state index in [1.165, 1.54) is 12.1 Å². The number of pyridine rings is 2. The minimum absolute atomic E-state index is 0.139. The predicted octanol–water partition coefficient (Wildman–Crippen LogP) is 4.96. The van der Waals surface area contributed by atoms with Crippen molar-refractivity contribution in [2.45, 2.75) is 51.9 Å². The van der Waals surface area contributed by atoms with Crippen molar-refractivity contribution in [3.8, 4) is 6.07 Å². The number of halogens is 2. The molecule has 0 aromatic carbocycles. The molecule has 2 aromatic rings. The summed E-state index contributed by atoms with van der Waals surface area (Å²) in [6.45, 7) is 9.91. The summed E-state index contributed by atoms with van der Waals surface area (Å²) in [6.07, 6.45) is 0.442. The van der Waals surface area contributed by atoms with Gasteiger partial charge in [-0.05, 0) is 30.2 Å². The van der Waals surface area contributed by atoms with Crippen molar-refractivity contribution in [3.63, 3.8) is 0 Å². The van der Waals surface area contributed by atoms with Crippen LogP contribution in [0, 0.1) is 17.1 Å². The third-order valence-electron chi connectivity index (χ3n) is 3.94. The Bertz CT molecular complexity index is 801. The number of rotatable bonds is 3. The van der Waals surface area contributed by atoms with E-state index in [9.17, 15) is 9.65 Å². The van der Waals surface area contributed by atoms with Gasteiger partial charge in [-0.2, -0.15) is 5.26 Å². The molecule has 0 saturated heterocycles. The van der Waals surface area contributed by atoms with Gasteiger partial charge in [-0.25, -0.2) is 14.4 Å². The van der Waals surface area contributed by atoms with E-state index in [1.54, 1.807) is 0 Å². The Labute approximate surface area is 147 Å². The SMILES string of the molecule is CC(C)(C)c1ccc(CC(C)(C)c2nc(Cl)ccc2F)c(C#N)n1. The lowest BCUT2D eigenvalue weighted by atomic mass is 9.81. The molecule has 0 aliphatic carbocycles. The highest BCUT2D eigenvalue weighted by Gasteiger charge is 2.28. The lowest BCUT2D eigenvalue weighted by molar-refractivity contribution is 0.461. The van der Waals surface area contributed by atoms with Gasteiger partial charge in [0.25, 0.3) is 0 Å². The second-order valence-corrected chi connectivity index (χ2v) is 7.98. The highest BCUT2D eigenvalue weighted by Crippen LogP contribution is 2.31. The molecule has 2 aromatic heterocycles. The molecule has 0 bridgehead atoms. The summed E-state index contributed by atoms with van der Waals surface area (Å²) in [5, 5.41) is 9.70. The van der Waals surface area contributed by atoms with Gasteiger partial charge in [0.15, 0.2) is 0 Å². The molecule has 2 heterocycles. The second kappa shape index (κ2) is 6.49. The second-order valence-electron chi connectivity index (χ2n) is 7.59. The molecule has 2 rings (SSSR count). The van der Waals surface area contributed by atoms with Crippen molar-refractivity contribution in [2.24, 2.45) is 0 Å². The van der Waals surface area contributed by atoms with Crippen LogP contribution in [-0.2, 0) is 17.3 Å². The van der Waals surface area contributed by atoms with Crippen LogP contribution in [0.1, 0.15) is 57.3 Å². The summed E-state index contributed by atoms with van der Waals surface area (Å²) in [6, 6.07) is 8.73. The van der Waals surface area contributed by atoms with Gasteiger partial charge in [-0.1, -0.05) is 52.3 Å². The maximum Gasteiger partial charge on any atom is 0.145 e. The van der Waals surface area contributed by atoms with E-state index in [-0.39, 0.29) is 10.6 Å². The third kappa shape index (κ3) is 3.91. The Kier molecular flexibility index (Phi) is 4.96. The first-order valence-electron chi connectivity index (χ1n) is 7.77. The van der Waals surface area contributed by atoms with Gasteiger partial charge >= 0.3 is 0 Å². The molecule has 0 saturated carbocycles. The van der Waals surface area contributed by atoms with Gasteiger partial charge in [0, 0.05) is 16.5 Å². The average Bonchev–Trinajstić information content (AvgIpc) is 2.48. The summed E-state index contributed by atoms with van der Waals surface area (Å²) in [5.41, 5.74) is 1.53. The summed E-state index contributed by atoms with van der Waals surface area (Å²) in [4.78, 5) is 8.62. The molecule has 0 radical (unpaired) electrons. The molecule has 0 amide bonds. The molecule has 126 valence electrons. The number of aromatic nitrogens is 2. The molecule has 0 N–H and O–H groups in total. The summed E-state index contributed by atoms with van der Waals surface area (Å²) in [7, 11) is 0. The summed E-state index contributed by atoms with van der Waals surface area (Å²) < 4.78 is 14.2. The molecule has 0 unspecified atom stereocenters. The Balaban J connectivity index is 2.43. The topological polar surface area (TPSA) is 49.6 Å². The number of hydrogen-bond donors (Lipinski definition) is 0. The van der Waals surface area contributed by atoms with Gasteiger partial charge < -0.3 is 0 Å². The molecular formula is C19H21ClFN3. The first-order chi connectivity index (χ1) is 11.0. The minimum atomic E-state index is -0.620. The lowest BCUT2D eigenvalue weighted by Gasteiger charge is -2.26. The molecule has 5 heteroatoms. The van der Waals surface area contributed by atoms with E-state index in [1.807, 2.05) is 46.8 Å². The Morgan fingerprint density at radius 1 is 1.08 bits per heavy atom. The zero-order valence-electron chi connectivity index (χ0n) is 14.6. The summed E-state index contributed by atoms with van der Waals surface area (Å²) in [5.74, 6) is -0.401. The van der Waals surface area contributed by atoms with Crippen molar-refractivity contribution in [1.29, 1.82) is 5.26 Å². The van der Waals surface area contributed by atoms with E-state index in [4.69, 9.17) is 11.6 Å². The zero-order valence-corrected chi connectivity index (χ0v) is 15.4. The molecule has 0 atom stereocenters. The first kappa shape index (κ1) is 18.4. The van der Waals surface area contributed by atoms with Gasteiger partial charge in [0.05, 0.1) is 5.69 Å². The van der Waals surface area contributed by atoms with E-state index in [2.05, 4.69) is 16.0 Å². The standard InChI is InChI=1S/C19H21ClFN3/c1-18(2,3)15-8-6-12(14(11-22)23-15)10-19(4,5)17-13(21)7-9-16(20)24-17/h6-9H,10H2,1-5H3. The minimum Gasteiger partial charge on any atom is -0.241 e. The maximum absolute atomic E-state index is 14.2. The molecule has 0 aliphatic rings. The highest BCUT2D eigenvalue weighted by molar-refractivity contribution is 6.29. The quantitative estimate of drug-likeness (QED) is 0.739. The van der Waals surface area contributed by atoms with Crippen LogP contribution in [0.3, 0.4) is 0 Å². The summed E-state index contributed by atoms with van der Waals surface area (Å²) >= 11 is 5.91.